The fourth-order valence-corrected chi connectivity index (χ4v) is 5.04. The monoisotopic (exact) mass is 416 g/mol. The minimum Gasteiger partial charge on any atom is -0.311 e. The molecular formula is C19H22N5S3+. The van der Waals surface area contributed by atoms with E-state index in [0.29, 0.717) is 6.67 Å². The summed E-state index contributed by atoms with van der Waals surface area (Å²) < 4.78 is 5.96. The van der Waals surface area contributed by atoms with Gasteiger partial charge in [-0.05, 0) is 42.7 Å². The maximum absolute atomic E-state index is 5.62. The molecule has 140 valence electrons. The molecule has 4 rings (SSSR count). The highest BCUT2D eigenvalue weighted by molar-refractivity contribution is 7.71. The average Bonchev–Trinajstić information content (AvgIpc) is 3.38. The van der Waals surface area contributed by atoms with Crippen molar-refractivity contribution >= 4 is 45.1 Å². The van der Waals surface area contributed by atoms with Gasteiger partial charge in [-0.3, -0.25) is 0 Å². The van der Waals surface area contributed by atoms with Gasteiger partial charge in [0.1, 0.15) is 11.9 Å². The molecule has 0 fully saturated rings. The van der Waals surface area contributed by atoms with Crippen molar-refractivity contribution < 1.29 is 4.90 Å². The number of fused-ring (bicyclic) bond motifs is 1. The van der Waals surface area contributed by atoms with E-state index in [9.17, 15) is 0 Å². The summed E-state index contributed by atoms with van der Waals surface area (Å²) in [5, 5.41) is 8.03. The zero-order chi connectivity index (χ0) is 19.0. The number of nitrogens with one attached hydrogen (secondary N) is 1. The highest BCUT2D eigenvalue weighted by Gasteiger charge is 2.21. The minimum absolute atomic E-state index is 0.270. The molecule has 0 saturated carbocycles. The summed E-state index contributed by atoms with van der Waals surface area (Å²) in [4.78, 5) is 7.42. The van der Waals surface area contributed by atoms with Gasteiger partial charge >= 0.3 is 0 Å². The van der Waals surface area contributed by atoms with Crippen molar-refractivity contribution in [3.63, 3.8) is 0 Å². The van der Waals surface area contributed by atoms with Gasteiger partial charge < -0.3 is 9.47 Å². The largest absolute Gasteiger partial charge is 0.311 e. The van der Waals surface area contributed by atoms with Crippen LogP contribution in [0.25, 0.3) is 10.2 Å². The van der Waals surface area contributed by atoms with E-state index < -0.39 is 0 Å². The SMILES string of the molecule is C[C@H](c1nc2ccccc2s1)[NH+](C)Cn1nc(Cc2cccs2)n(C)c1=S. The van der Waals surface area contributed by atoms with Gasteiger partial charge in [0.15, 0.2) is 11.7 Å². The molecule has 0 spiro atoms. The predicted octanol–water partition coefficient (Wildman–Crippen LogP) is 3.45. The average molecular weight is 417 g/mol. The topological polar surface area (TPSA) is 40.1 Å². The van der Waals surface area contributed by atoms with Gasteiger partial charge in [-0.15, -0.1) is 22.7 Å². The van der Waals surface area contributed by atoms with E-state index in [4.69, 9.17) is 22.3 Å². The number of hydrogen-bond donors (Lipinski definition) is 1. The van der Waals surface area contributed by atoms with Crippen molar-refractivity contribution in [3.05, 3.63) is 62.3 Å². The van der Waals surface area contributed by atoms with Crippen LogP contribution in [0.4, 0.5) is 0 Å². The Morgan fingerprint density at radius 1 is 1.22 bits per heavy atom. The Labute approximate surface area is 171 Å². The first-order valence-corrected chi connectivity index (χ1v) is 11.0. The number of nitrogens with zero attached hydrogens (tertiary/aromatic N) is 4. The number of aromatic nitrogens is 4. The Morgan fingerprint density at radius 2 is 2.04 bits per heavy atom. The van der Waals surface area contributed by atoms with Crippen LogP contribution >= 0.6 is 34.9 Å². The van der Waals surface area contributed by atoms with Gasteiger partial charge in [-0.2, -0.15) is 9.78 Å². The van der Waals surface area contributed by atoms with Crippen LogP contribution in [0, 0.1) is 4.77 Å². The van der Waals surface area contributed by atoms with Crippen molar-refractivity contribution in [1.29, 1.82) is 0 Å². The van der Waals surface area contributed by atoms with Crippen molar-refractivity contribution in [2.75, 3.05) is 7.05 Å². The van der Waals surface area contributed by atoms with E-state index in [1.807, 2.05) is 22.4 Å². The van der Waals surface area contributed by atoms with Crippen molar-refractivity contribution in [2.45, 2.75) is 26.1 Å². The Bertz CT molecular complexity index is 1070. The number of quaternary nitrogens is 1. The van der Waals surface area contributed by atoms with E-state index in [1.165, 1.54) is 14.5 Å². The Hall–Kier alpha value is -1.87. The summed E-state index contributed by atoms with van der Waals surface area (Å²) in [6.07, 6.45) is 0.817. The summed E-state index contributed by atoms with van der Waals surface area (Å²) in [6.45, 7) is 2.93. The van der Waals surface area contributed by atoms with Gasteiger partial charge in [0.25, 0.3) is 0 Å². The lowest BCUT2D eigenvalue weighted by atomic mass is 10.3. The molecule has 3 heterocycles. The Kier molecular flexibility index (Phi) is 5.23. The second-order valence-electron chi connectivity index (χ2n) is 6.76. The van der Waals surface area contributed by atoms with Crippen molar-refractivity contribution in [1.82, 2.24) is 19.3 Å². The molecule has 2 atom stereocenters. The molecule has 0 bridgehead atoms. The lowest BCUT2D eigenvalue weighted by Gasteiger charge is -2.19. The van der Waals surface area contributed by atoms with E-state index in [2.05, 4.69) is 49.7 Å². The molecule has 3 aromatic heterocycles. The molecule has 0 amide bonds. The summed E-state index contributed by atoms with van der Waals surface area (Å²) in [7, 11) is 4.17. The maximum atomic E-state index is 5.62. The zero-order valence-corrected chi connectivity index (χ0v) is 18.0. The third-order valence-electron chi connectivity index (χ3n) is 4.86. The molecule has 0 radical (unpaired) electrons. The highest BCUT2D eigenvalue weighted by atomic mass is 32.1. The molecule has 1 N–H and O–H groups in total. The molecule has 0 aliphatic rings. The van der Waals surface area contributed by atoms with Crippen LogP contribution in [-0.4, -0.2) is 26.4 Å². The summed E-state index contributed by atoms with van der Waals surface area (Å²) in [5.41, 5.74) is 1.07. The van der Waals surface area contributed by atoms with Crippen molar-refractivity contribution in [2.24, 2.45) is 7.05 Å². The van der Waals surface area contributed by atoms with Crippen LogP contribution in [0.5, 0.6) is 0 Å². The van der Waals surface area contributed by atoms with Crippen molar-refractivity contribution in [3.8, 4) is 0 Å². The molecule has 4 aromatic rings. The quantitative estimate of drug-likeness (QED) is 0.490. The number of thiazole rings is 1. The lowest BCUT2D eigenvalue weighted by molar-refractivity contribution is -0.933. The second-order valence-corrected chi connectivity index (χ2v) is 9.22. The molecule has 0 aliphatic heterocycles. The molecule has 0 aliphatic carbocycles. The van der Waals surface area contributed by atoms with Crippen LogP contribution in [0.2, 0.25) is 0 Å². The van der Waals surface area contributed by atoms with E-state index in [-0.39, 0.29) is 6.04 Å². The number of benzene rings is 1. The Balaban J connectivity index is 1.53. The standard InChI is InChI=1S/C19H21N5S3/c1-13(18-20-15-8-4-5-9-16(15)27-18)22(2)12-24-19(25)23(3)17(21-24)11-14-7-6-10-26-14/h4-10,13H,11-12H2,1-3H3/p+1/t13-/m1/s1. The fraction of sp³-hybridized carbons (Fsp3) is 0.316. The van der Waals surface area contributed by atoms with Crippen LogP contribution < -0.4 is 4.90 Å². The number of hydrogen-bond acceptors (Lipinski definition) is 5. The van der Waals surface area contributed by atoms with Gasteiger partial charge in [0, 0.05) is 18.3 Å². The number of thiophene rings is 1. The fourth-order valence-electron chi connectivity index (χ4n) is 3.02. The zero-order valence-electron chi connectivity index (χ0n) is 15.5. The predicted molar refractivity (Wildman–Crippen MR) is 114 cm³/mol. The molecule has 27 heavy (non-hydrogen) atoms. The summed E-state index contributed by atoms with van der Waals surface area (Å²) in [6, 6.07) is 12.8. The van der Waals surface area contributed by atoms with Crippen LogP contribution in [0.1, 0.15) is 28.7 Å². The first-order chi connectivity index (χ1) is 13.0. The molecule has 1 aromatic carbocycles. The van der Waals surface area contributed by atoms with Crippen LogP contribution in [-0.2, 0) is 20.1 Å². The minimum atomic E-state index is 0.270. The Morgan fingerprint density at radius 3 is 2.78 bits per heavy atom. The highest BCUT2D eigenvalue weighted by Crippen LogP contribution is 2.24. The molecule has 5 nitrogen and oxygen atoms in total. The van der Waals surface area contributed by atoms with E-state index in [0.717, 1.165) is 27.5 Å². The van der Waals surface area contributed by atoms with E-state index >= 15 is 0 Å². The summed E-state index contributed by atoms with van der Waals surface area (Å²) >= 11 is 9.14. The first-order valence-electron chi connectivity index (χ1n) is 8.86. The first kappa shape index (κ1) is 18.5. The van der Waals surface area contributed by atoms with Crippen LogP contribution in [0.15, 0.2) is 41.8 Å². The summed E-state index contributed by atoms with van der Waals surface area (Å²) in [5.74, 6) is 1.00. The van der Waals surface area contributed by atoms with E-state index in [1.54, 1.807) is 22.7 Å². The third-order valence-corrected chi connectivity index (χ3v) is 7.44. The van der Waals surface area contributed by atoms with Gasteiger partial charge in [0.2, 0.25) is 4.77 Å². The molecule has 1 unspecified atom stereocenters. The third kappa shape index (κ3) is 3.75. The van der Waals surface area contributed by atoms with Gasteiger partial charge in [0.05, 0.1) is 17.3 Å². The molecular weight excluding hydrogens is 394 g/mol. The second kappa shape index (κ2) is 7.63. The normalized spacial score (nSPS) is 13.9. The molecule has 0 saturated heterocycles. The number of para-hydroxylation sites is 1. The number of rotatable bonds is 6. The van der Waals surface area contributed by atoms with Gasteiger partial charge in [-0.25, -0.2) is 4.98 Å². The smallest absolute Gasteiger partial charge is 0.202 e. The maximum Gasteiger partial charge on any atom is 0.202 e. The lowest BCUT2D eigenvalue weighted by Crippen LogP contribution is -3.08. The van der Waals surface area contributed by atoms with Gasteiger partial charge in [-0.1, -0.05) is 18.2 Å². The van der Waals surface area contributed by atoms with Crippen LogP contribution in [0.3, 0.4) is 0 Å². The molecule has 8 heteroatoms.